The van der Waals surface area contributed by atoms with Gasteiger partial charge in [0.2, 0.25) is 5.88 Å². The van der Waals surface area contributed by atoms with E-state index in [1.165, 1.54) is 32.1 Å². The predicted octanol–water partition coefficient (Wildman–Crippen LogP) is 2.95. The van der Waals surface area contributed by atoms with Gasteiger partial charge in [-0.05, 0) is 24.8 Å². The first-order valence-electron chi connectivity index (χ1n) is 8.80. The summed E-state index contributed by atoms with van der Waals surface area (Å²) < 4.78 is 11.1. The van der Waals surface area contributed by atoms with Crippen molar-refractivity contribution < 1.29 is 14.3 Å². The zero-order valence-electron chi connectivity index (χ0n) is 13.6. The molecule has 3 rings (SSSR count). The van der Waals surface area contributed by atoms with Crippen molar-refractivity contribution in [1.82, 2.24) is 10.3 Å². The Morgan fingerprint density at radius 2 is 1.96 bits per heavy atom. The molecule has 0 atom stereocenters. The molecule has 2 fully saturated rings. The fraction of sp³-hybridized carbons (Fsp3) is 0.667. The molecule has 0 bridgehead atoms. The molecule has 0 unspecified atom stereocenters. The van der Waals surface area contributed by atoms with Gasteiger partial charge < -0.3 is 14.8 Å². The van der Waals surface area contributed by atoms with Crippen LogP contribution in [0.4, 0.5) is 0 Å². The van der Waals surface area contributed by atoms with Crippen molar-refractivity contribution in [3.63, 3.8) is 0 Å². The van der Waals surface area contributed by atoms with E-state index in [2.05, 4.69) is 10.3 Å². The third-order valence-corrected chi connectivity index (χ3v) is 4.73. The lowest BCUT2D eigenvalue weighted by Crippen LogP contribution is -2.30. The molecular formula is C18H26N2O3. The van der Waals surface area contributed by atoms with E-state index in [4.69, 9.17) is 9.47 Å². The fourth-order valence-electron chi connectivity index (χ4n) is 3.28. The van der Waals surface area contributed by atoms with Crippen molar-refractivity contribution in [2.75, 3.05) is 19.8 Å². The van der Waals surface area contributed by atoms with Crippen molar-refractivity contribution in [1.29, 1.82) is 0 Å². The summed E-state index contributed by atoms with van der Waals surface area (Å²) in [7, 11) is 0. The van der Waals surface area contributed by atoms with Crippen LogP contribution in [0.5, 0.6) is 5.88 Å². The van der Waals surface area contributed by atoms with E-state index in [0.29, 0.717) is 17.4 Å². The Morgan fingerprint density at radius 1 is 1.17 bits per heavy atom. The summed E-state index contributed by atoms with van der Waals surface area (Å²) in [5, 5.41) is 3.03. The van der Waals surface area contributed by atoms with Crippen molar-refractivity contribution >= 4 is 5.91 Å². The molecule has 1 aromatic rings. The highest BCUT2D eigenvalue weighted by Crippen LogP contribution is 2.23. The van der Waals surface area contributed by atoms with Crippen molar-refractivity contribution in [2.45, 2.75) is 51.0 Å². The largest absolute Gasteiger partial charge is 0.474 e. The van der Waals surface area contributed by atoms with Crippen LogP contribution >= 0.6 is 0 Å². The third-order valence-electron chi connectivity index (χ3n) is 4.73. The summed E-state index contributed by atoms with van der Waals surface area (Å²) in [5.74, 6) is 1.18. The molecule has 0 spiro atoms. The van der Waals surface area contributed by atoms with Gasteiger partial charge in [-0.15, -0.1) is 0 Å². The fourth-order valence-corrected chi connectivity index (χ4v) is 3.28. The Kier molecular flexibility index (Phi) is 5.86. The molecule has 0 radical (unpaired) electrons. The van der Waals surface area contributed by atoms with E-state index in [-0.39, 0.29) is 12.0 Å². The Morgan fingerprint density at radius 3 is 2.65 bits per heavy atom. The normalized spacial score (nSPS) is 20.2. The van der Waals surface area contributed by atoms with E-state index >= 15 is 0 Å². The minimum absolute atomic E-state index is 0.0410. The minimum Gasteiger partial charge on any atom is -0.474 e. The maximum atomic E-state index is 12.2. The lowest BCUT2D eigenvalue weighted by molar-refractivity contribution is 0.0237. The van der Waals surface area contributed by atoms with Gasteiger partial charge in [0.25, 0.3) is 5.91 Å². The van der Waals surface area contributed by atoms with Crippen molar-refractivity contribution in [2.24, 2.45) is 5.92 Å². The molecule has 1 aliphatic heterocycles. The zero-order chi connectivity index (χ0) is 15.9. The zero-order valence-corrected chi connectivity index (χ0v) is 13.6. The standard InChI is InChI=1S/C18H26N2O3/c21-18(20-12-14-4-2-1-3-5-14)15-6-7-17(19-13-15)23-16-8-10-22-11-9-16/h6-7,13-14,16H,1-5,8-12H2,(H,20,21). The van der Waals surface area contributed by atoms with Crippen LogP contribution in [-0.4, -0.2) is 36.8 Å². The number of amides is 1. The molecule has 23 heavy (non-hydrogen) atoms. The van der Waals surface area contributed by atoms with E-state index in [9.17, 15) is 4.79 Å². The molecule has 126 valence electrons. The topological polar surface area (TPSA) is 60.5 Å². The van der Waals surface area contributed by atoms with E-state index in [1.54, 1.807) is 18.3 Å². The summed E-state index contributed by atoms with van der Waals surface area (Å²) in [4.78, 5) is 16.4. The Labute approximate surface area is 137 Å². The van der Waals surface area contributed by atoms with Gasteiger partial charge >= 0.3 is 0 Å². The molecular weight excluding hydrogens is 292 g/mol. The average Bonchev–Trinajstić information content (AvgIpc) is 2.62. The number of hydrogen-bond acceptors (Lipinski definition) is 4. The molecule has 1 aliphatic carbocycles. The summed E-state index contributed by atoms with van der Waals surface area (Å²) in [6.07, 6.45) is 9.94. The Hall–Kier alpha value is -1.62. The highest BCUT2D eigenvalue weighted by molar-refractivity contribution is 5.93. The highest BCUT2D eigenvalue weighted by Gasteiger charge is 2.17. The quantitative estimate of drug-likeness (QED) is 0.907. The van der Waals surface area contributed by atoms with Gasteiger partial charge in [-0.1, -0.05) is 19.3 Å². The number of carbonyl (C=O) groups is 1. The second kappa shape index (κ2) is 8.29. The highest BCUT2D eigenvalue weighted by atomic mass is 16.5. The second-order valence-corrected chi connectivity index (χ2v) is 6.53. The van der Waals surface area contributed by atoms with E-state index < -0.39 is 0 Å². The monoisotopic (exact) mass is 318 g/mol. The maximum Gasteiger partial charge on any atom is 0.252 e. The number of nitrogens with zero attached hydrogens (tertiary/aromatic N) is 1. The van der Waals surface area contributed by atoms with Gasteiger partial charge in [0, 0.05) is 31.6 Å². The van der Waals surface area contributed by atoms with Gasteiger partial charge in [-0.25, -0.2) is 4.98 Å². The van der Waals surface area contributed by atoms with Gasteiger partial charge in [0.05, 0.1) is 18.8 Å². The Bertz CT molecular complexity index is 491. The van der Waals surface area contributed by atoms with Crippen molar-refractivity contribution in [3.05, 3.63) is 23.9 Å². The molecule has 1 saturated heterocycles. The summed E-state index contributed by atoms with van der Waals surface area (Å²) in [6, 6.07) is 3.57. The number of ether oxygens (including phenoxy) is 2. The summed E-state index contributed by atoms with van der Waals surface area (Å²) >= 11 is 0. The van der Waals surface area contributed by atoms with Gasteiger partial charge in [-0.3, -0.25) is 4.79 Å². The molecule has 1 aromatic heterocycles. The number of rotatable bonds is 5. The maximum absolute atomic E-state index is 12.2. The molecule has 2 aliphatic rings. The molecule has 1 amide bonds. The predicted molar refractivity (Wildman–Crippen MR) is 87.6 cm³/mol. The molecule has 2 heterocycles. The van der Waals surface area contributed by atoms with Gasteiger partial charge in [0.1, 0.15) is 6.10 Å². The van der Waals surface area contributed by atoms with Crippen LogP contribution in [0.15, 0.2) is 18.3 Å². The SMILES string of the molecule is O=C(NCC1CCCCC1)c1ccc(OC2CCOCC2)nc1. The van der Waals surface area contributed by atoms with Crippen LogP contribution in [0.25, 0.3) is 0 Å². The molecule has 5 heteroatoms. The van der Waals surface area contributed by atoms with Crippen LogP contribution in [0.1, 0.15) is 55.3 Å². The number of pyridine rings is 1. The summed E-state index contributed by atoms with van der Waals surface area (Å²) in [6.45, 7) is 2.26. The lowest BCUT2D eigenvalue weighted by Gasteiger charge is -2.23. The molecule has 1 saturated carbocycles. The van der Waals surface area contributed by atoms with Gasteiger partial charge in [0.15, 0.2) is 0 Å². The van der Waals surface area contributed by atoms with Crippen molar-refractivity contribution in [3.8, 4) is 5.88 Å². The van der Waals surface area contributed by atoms with Crippen LogP contribution < -0.4 is 10.1 Å². The smallest absolute Gasteiger partial charge is 0.252 e. The lowest BCUT2D eigenvalue weighted by atomic mass is 9.89. The first kappa shape index (κ1) is 16.2. The van der Waals surface area contributed by atoms with E-state index in [1.807, 2.05) is 0 Å². The number of nitrogens with one attached hydrogen (secondary N) is 1. The first-order chi connectivity index (χ1) is 11.3. The molecule has 1 N–H and O–H groups in total. The minimum atomic E-state index is -0.0410. The van der Waals surface area contributed by atoms with Crippen LogP contribution in [0.2, 0.25) is 0 Å². The van der Waals surface area contributed by atoms with Crippen LogP contribution in [0, 0.1) is 5.92 Å². The van der Waals surface area contributed by atoms with E-state index in [0.717, 1.165) is 32.6 Å². The van der Waals surface area contributed by atoms with Gasteiger partial charge in [-0.2, -0.15) is 0 Å². The number of carbonyl (C=O) groups excluding carboxylic acids is 1. The Balaban J connectivity index is 1.46. The second-order valence-electron chi connectivity index (χ2n) is 6.53. The number of hydrogen-bond donors (Lipinski definition) is 1. The third kappa shape index (κ3) is 4.93. The number of aromatic nitrogens is 1. The first-order valence-corrected chi connectivity index (χ1v) is 8.80. The van der Waals surface area contributed by atoms with Crippen LogP contribution in [0.3, 0.4) is 0 Å². The average molecular weight is 318 g/mol. The summed E-state index contributed by atoms with van der Waals surface area (Å²) in [5.41, 5.74) is 0.597. The van der Waals surface area contributed by atoms with Crippen LogP contribution in [-0.2, 0) is 4.74 Å². The molecule has 0 aromatic carbocycles. The molecule has 5 nitrogen and oxygen atoms in total.